The predicted octanol–water partition coefficient (Wildman–Crippen LogP) is 5.25. The van der Waals surface area contributed by atoms with Crippen molar-refractivity contribution in [3.05, 3.63) is 64.7 Å². The van der Waals surface area contributed by atoms with Crippen LogP contribution in [0.5, 0.6) is 0 Å². The number of aromatic amines is 1. The summed E-state index contributed by atoms with van der Waals surface area (Å²) in [6.07, 6.45) is 1.81. The van der Waals surface area contributed by atoms with E-state index in [0.717, 1.165) is 59.3 Å². The first-order valence-corrected chi connectivity index (χ1v) is 10.3. The Morgan fingerprint density at radius 2 is 1.83 bits per heavy atom. The van der Waals surface area contributed by atoms with Gasteiger partial charge in [0.1, 0.15) is 11.4 Å². The Morgan fingerprint density at radius 3 is 2.59 bits per heavy atom. The van der Waals surface area contributed by atoms with Crippen LogP contribution in [0.2, 0.25) is 0 Å². The first kappa shape index (κ1) is 18.0. The Bertz CT molecular complexity index is 1190. The Labute approximate surface area is 169 Å². The first-order chi connectivity index (χ1) is 14.0. The highest BCUT2D eigenvalue weighted by Crippen LogP contribution is 2.32. The van der Waals surface area contributed by atoms with Crippen molar-refractivity contribution in [3.8, 4) is 0 Å². The summed E-state index contributed by atoms with van der Waals surface area (Å²) in [5, 5.41) is 1.04. The number of carbonyl (C=O) groups is 1. The number of aryl methyl sites for hydroxylation is 3. The van der Waals surface area contributed by atoms with Crippen molar-refractivity contribution < 1.29 is 9.21 Å². The van der Waals surface area contributed by atoms with E-state index in [2.05, 4.69) is 31.0 Å². The molecule has 0 unspecified atom stereocenters. The Kier molecular flexibility index (Phi) is 4.19. The van der Waals surface area contributed by atoms with Gasteiger partial charge in [-0.25, -0.2) is 4.98 Å². The highest BCUT2D eigenvalue weighted by atomic mass is 16.3. The molecule has 5 rings (SSSR count). The number of nitrogens with zero attached hydrogens (tertiary/aromatic N) is 2. The molecule has 5 heteroatoms. The number of para-hydroxylation sites is 2. The van der Waals surface area contributed by atoms with E-state index in [9.17, 15) is 4.79 Å². The fraction of sp³-hybridized carbons (Fsp3) is 0.333. The van der Waals surface area contributed by atoms with Gasteiger partial charge < -0.3 is 14.3 Å². The van der Waals surface area contributed by atoms with Gasteiger partial charge in [-0.2, -0.15) is 0 Å². The average molecular weight is 387 g/mol. The highest BCUT2D eigenvalue weighted by Gasteiger charge is 2.29. The zero-order valence-corrected chi connectivity index (χ0v) is 17.1. The van der Waals surface area contributed by atoms with Crippen LogP contribution in [0.3, 0.4) is 0 Å². The summed E-state index contributed by atoms with van der Waals surface area (Å²) in [6, 6.07) is 12.3. The molecule has 0 spiro atoms. The van der Waals surface area contributed by atoms with Gasteiger partial charge in [-0.05, 0) is 69.0 Å². The molecule has 0 bridgehead atoms. The zero-order valence-electron chi connectivity index (χ0n) is 17.1. The number of hydrogen-bond donors (Lipinski definition) is 1. The lowest BCUT2D eigenvalue weighted by molar-refractivity contribution is 0.0680. The number of furan rings is 1. The number of fused-ring (bicyclic) bond motifs is 2. The first-order valence-electron chi connectivity index (χ1n) is 10.3. The van der Waals surface area contributed by atoms with Gasteiger partial charge >= 0.3 is 0 Å². The summed E-state index contributed by atoms with van der Waals surface area (Å²) in [7, 11) is 0. The third kappa shape index (κ3) is 3.01. The Morgan fingerprint density at radius 1 is 1.10 bits per heavy atom. The summed E-state index contributed by atoms with van der Waals surface area (Å²) >= 11 is 0. The van der Waals surface area contributed by atoms with Gasteiger partial charge in [-0.15, -0.1) is 0 Å². The second-order valence-electron chi connectivity index (χ2n) is 8.19. The molecule has 1 saturated heterocycles. The third-order valence-corrected chi connectivity index (χ3v) is 6.32. The number of carbonyl (C=O) groups excluding carboxylic acids is 1. The van der Waals surface area contributed by atoms with E-state index in [1.54, 1.807) is 0 Å². The second kappa shape index (κ2) is 6.76. The van der Waals surface area contributed by atoms with Gasteiger partial charge in [0.2, 0.25) is 0 Å². The van der Waals surface area contributed by atoms with Crippen LogP contribution in [-0.2, 0) is 0 Å². The number of hydrogen-bond acceptors (Lipinski definition) is 3. The van der Waals surface area contributed by atoms with Crippen molar-refractivity contribution in [3.63, 3.8) is 0 Å². The topological polar surface area (TPSA) is 62.1 Å². The summed E-state index contributed by atoms with van der Waals surface area (Å²) in [5.41, 5.74) is 6.21. The van der Waals surface area contributed by atoms with Crippen LogP contribution < -0.4 is 0 Å². The van der Waals surface area contributed by atoms with Crippen LogP contribution in [0.15, 0.2) is 40.8 Å². The van der Waals surface area contributed by atoms with Crippen molar-refractivity contribution in [1.29, 1.82) is 0 Å². The molecular weight excluding hydrogens is 362 g/mol. The minimum absolute atomic E-state index is 0.00272. The number of likely N-dealkylation sites (tertiary alicyclic amines) is 1. The van der Waals surface area contributed by atoms with E-state index in [4.69, 9.17) is 9.40 Å². The fourth-order valence-corrected chi connectivity index (χ4v) is 4.35. The maximum atomic E-state index is 13.2. The molecule has 4 aromatic rings. The Balaban J connectivity index is 1.34. The molecule has 5 nitrogen and oxygen atoms in total. The normalized spacial score (nSPS) is 15.5. The number of amides is 1. The van der Waals surface area contributed by atoms with Crippen LogP contribution in [0, 0.1) is 20.8 Å². The molecule has 0 aliphatic carbocycles. The number of nitrogens with one attached hydrogen (secondary N) is 1. The summed E-state index contributed by atoms with van der Waals surface area (Å²) in [4.78, 5) is 23.3. The molecule has 2 aromatic heterocycles. The molecule has 0 atom stereocenters. The molecule has 1 aliphatic heterocycles. The van der Waals surface area contributed by atoms with Crippen LogP contribution in [0.1, 0.15) is 51.8 Å². The maximum absolute atomic E-state index is 13.2. The van der Waals surface area contributed by atoms with E-state index >= 15 is 0 Å². The van der Waals surface area contributed by atoms with Crippen molar-refractivity contribution >= 4 is 27.9 Å². The molecule has 2 aromatic carbocycles. The van der Waals surface area contributed by atoms with Crippen LogP contribution in [0.4, 0.5) is 0 Å². The quantitative estimate of drug-likeness (QED) is 0.511. The van der Waals surface area contributed by atoms with E-state index < -0.39 is 0 Å². The molecule has 1 amide bonds. The average Bonchev–Trinajstić information content (AvgIpc) is 3.30. The monoisotopic (exact) mass is 387 g/mol. The largest absolute Gasteiger partial charge is 0.451 e. The molecule has 1 fully saturated rings. The third-order valence-electron chi connectivity index (χ3n) is 6.32. The number of imidazole rings is 1. The highest BCUT2D eigenvalue weighted by molar-refractivity contribution is 5.99. The fourth-order valence-electron chi connectivity index (χ4n) is 4.35. The lowest BCUT2D eigenvalue weighted by Gasteiger charge is -2.30. The maximum Gasteiger partial charge on any atom is 0.289 e. The number of piperidine rings is 1. The standard InChI is InChI=1S/C24H25N3O2/c1-14-12-18-16(3)22(29-21(18)13-15(14)2)24(28)27-10-8-17(9-11-27)23-25-19-6-4-5-7-20(19)26-23/h4-7,12-13,17H,8-11H2,1-3H3,(H,25,26). The van der Waals surface area contributed by atoms with Gasteiger partial charge in [0, 0.05) is 30.0 Å². The smallest absolute Gasteiger partial charge is 0.289 e. The molecule has 0 radical (unpaired) electrons. The van der Waals surface area contributed by atoms with Crippen molar-refractivity contribution in [2.75, 3.05) is 13.1 Å². The minimum atomic E-state index is -0.00272. The molecule has 0 saturated carbocycles. The van der Waals surface area contributed by atoms with E-state index in [1.807, 2.05) is 36.1 Å². The van der Waals surface area contributed by atoms with Gasteiger partial charge in [0.25, 0.3) is 5.91 Å². The molecular formula is C24H25N3O2. The zero-order chi connectivity index (χ0) is 20.1. The van der Waals surface area contributed by atoms with E-state index in [1.165, 1.54) is 11.1 Å². The molecule has 29 heavy (non-hydrogen) atoms. The molecule has 1 aliphatic rings. The van der Waals surface area contributed by atoms with Gasteiger partial charge in [-0.1, -0.05) is 12.1 Å². The number of rotatable bonds is 2. The van der Waals surface area contributed by atoms with Crippen LogP contribution in [-0.4, -0.2) is 33.9 Å². The van der Waals surface area contributed by atoms with Crippen LogP contribution in [0.25, 0.3) is 22.0 Å². The number of benzene rings is 2. The Hall–Kier alpha value is -3.08. The number of H-pyrrole nitrogens is 1. The van der Waals surface area contributed by atoms with Gasteiger partial charge in [0.15, 0.2) is 5.76 Å². The van der Waals surface area contributed by atoms with E-state index in [0.29, 0.717) is 11.7 Å². The second-order valence-corrected chi connectivity index (χ2v) is 8.19. The summed E-state index contributed by atoms with van der Waals surface area (Å²) < 4.78 is 5.99. The van der Waals surface area contributed by atoms with Crippen LogP contribution >= 0.6 is 0 Å². The van der Waals surface area contributed by atoms with Gasteiger partial charge in [0.05, 0.1) is 11.0 Å². The van der Waals surface area contributed by atoms with Crippen molar-refractivity contribution in [2.24, 2.45) is 0 Å². The summed E-state index contributed by atoms with van der Waals surface area (Å²) in [6.45, 7) is 7.57. The van der Waals surface area contributed by atoms with Gasteiger partial charge in [-0.3, -0.25) is 4.79 Å². The molecule has 148 valence electrons. The predicted molar refractivity (Wildman–Crippen MR) is 114 cm³/mol. The lowest BCUT2D eigenvalue weighted by atomic mass is 9.96. The van der Waals surface area contributed by atoms with Crippen molar-refractivity contribution in [2.45, 2.75) is 39.5 Å². The molecule has 3 heterocycles. The van der Waals surface area contributed by atoms with Crippen molar-refractivity contribution in [1.82, 2.24) is 14.9 Å². The van der Waals surface area contributed by atoms with E-state index in [-0.39, 0.29) is 5.91 Å². The lowest BCUT2D eigenvalue weighted by Crippen LogP contribution is -2.38. The number of aromatic nitrogens is 2. The minimum Gasteiger partial charge on any atom is -0.451 e. The summed E-state index contributed by atoms with van der Waals surface area (Å²) in [5.74, 6) is 1.86. The molecule has 1 N–H and O–H groups in total. The SMILES string of the molecule is Cc1cc2oc(C(=O)N3CCC(c4nc5ccccc5[nH]4)CC3)c(C)c2cc1C.